The fourth-order valence-electron chi connectivity index (χ4n) is 3.32. The van der Waals surface area contributed by atoms with Crippen LogP contribution in [0.5, 0.6) is 5.75 Å². The van der Waals surface area contributed by atoms with Crippen molar-refractivity contribution in [3.63, 3.8) is 0 Å². The minimum atomic E-state index is 0.732. The van der Waals surface area contributed by atoms with Crippen LogP contribution in [0.15, 0.2) is 23.4 Å². The molecule has 1 aliphatic rings. The van der Waals surface area contributed by atoms with Crippen LogP contribution < -0.4 is 4.74 Å². The number of methoxy groups -OCH3 is 1. The molecule has 1 saturated heterocycles. The number of hydrogen-bond donors (Lipinski definition) is 0. The number of benzene rings is 1. The molecule has 0 radical (unpaired) electrons. The molecule has 0 saturated carbocycles. The molecule has 0 atom stereocenters. The number of nitrogens with zero attached hydrogens (tertiary/aromatic N) is 5. The number of thioether (sulfide) groups is 1. The van der Waals surface area contributed by atoms with Gasteiger partial charge in [0.05, 0.1) is 25.8 Å². The van der Waals surface area contributed by atoms with Gasteiger partial charge in [-0.1, -0.05) is 11.8 Å². The first-order valence-electron chi connectivity index (χ1n) is 8.93. The molecule has 8 heteroatoms. The van der Waals surface area contributed by atoms with Crippen LogP contribution >= 0.6 is 11.8 Å². The first kappa shape index (κ1) is 17.5. The summed E-state index contributed by atoms with van der Waals surface area (Å²) in [5, 5.41) is 10.6. The molecule has 1 aromatic carbocycles. The molecular weight excluding hydrogens is 350 g/mol. The van der Waals surface area contributed by atoms with E-state index in [0.29, 0.717) is 0 Å². The minimum absolute atomic E-state index is 0.732. The zero-order chi connectivity index (χ0) is 17.9. The highest BCUT2D eigenvalue weighted by Gasteiger charge is 2.15. The lowest BCUT2D eigenvalue weighted by molar-refractivity contribution is 0.0410. The summed E-state index contributed by atoms with van der Waals surface area (Å²) in [4.78, 5) is 7.20. The third kappa shape index (κ3) is 3.36. The summed E-state index contributed by atoms with van der Waals surface area (Å²) in [6.45, 7) is 7.64. The largest absolute Gasteiger partial charge is 0.497 e. The fraction of sp³-hybridized carbons (Fsp3) is 0.500. The molecule has 1 fully saturated rings. The predicted molar refractivity (Wildman–Crippen MR) is 103 cm³/mol. The molecule has 138 valence electrons. The van der Waals surface area contributed by atoms with E-state index >= 15 is 0 Å². The van der Waals surface area contributed by atoms with Crippen LogP contribution in [0.3, 0.4) is 0 Å². The molecule has 2 aromatic heterocycles. The Hall–Kier alpha value is -1.90. The van der Waals surface area contributed by atoms with Crippen LogP contribution in [0.2, 0.25) is 0 Å². The van der Waals surface area contributed by atoms with E-state index in [9.17, 15) is 0 Å². The van der Waals surface area contributed by atoms with Gasteiger partial charge in [0.15, 0.2) is 5.65 Å². The number of morpholine rings is 1. The third-order valence-electron chi connectivity index (χ3n) is 4.71. The van der Waals surface area contributed by atoms with Gasteiger partial charge in [-0.25, -0.2) is 4.98 Å². The monoisotopic (exact) mass is 373 g/mol. The Morgan fingerprint density at radius 2 is 2.08 bits per heavy atom. The number of hydrogen-bond acceptors (Lipinski definition) is 7. The zero-order valence-electron chi connectivity index (χ0n) is 15.1. The topological polar surface area (TPSA) is 65.3 Å². The highest BCUT2D eigenvalue weighted by Crippen LogP contribution is 2.30. The summed E-state index contributed by atoms with van der Waals surface area (Å²) in [6, 6.07) is 6.04. The quantitative estimate of drug-likeness (QED) is 0.615. The van der Waals surface area contributed by atoms with Crippen LogP contribution in [-0.4, -0.2) is 70.4 Å². The van der Waals surface area contributed by atoms with Gasteiger partial charge in [-0.15, -0.1) is 10.2 Å². The number of aromatic nitrogens is 4. The summed E-state index contributed by atoms with van der Waals surface area (Å²) in [7, 11) is 1.67. The molecule has 0 N–H and O–H groups in total. The summed E-state index contributed by atoms with van der Waals surface area (Å²) in [6.07, 6.45) is 0. The molecule has 0 bridgehead atoms. The highest BCUT2D eigenvalue weighted by atomic mass is 32.2. The van der Waals surface area contributed by atoms with Crippen molar-refractivity contribution in [2.24, 2.45) is 0 Å². The van der Waals surface area contributed by atoms with Gasteiger partial charge in [0.25, 0.3) is 0 Å². The van der Waals surface area contributed by atoms with Gasteiger partial charge in [-0.3, -0.25) is 4.90 Å². The summed E-state index contributed by atoms with van der Waals surface area (Å²) in [5.41, 5.74) is 2.83. The van der Waals surface area contributed by atoms with Gasteiger partial charge in [-0.2, -0.15) is 0 Å². The number of aryl methyl sites for hydroxylation is 1. The van der Waals surface area contributed by atoms with Gasteiger partial charge in [0, 0.05) is 37.3 Å². The van der Waals surface area contributed by atoms with E-state index in [-0.39, 0.29) is 0 Å². The second-order valence-electron chi connectivity index (χ2n) is 6.20. The average molecular weight is 373 g/mol. The van der Waals surface area contributed by atoms with E-state index < -0.39 is 0 Å². The molecule has 0 amide bonds. The van der Waals surface area contributed by atoms with Gasteiger partial charge in [-0.05, 0) is 25.1 Å². The standard InChI is InChI=1S/C18H23N5O2S/c1-3-23-15-5-4-13(24-2)12-14(15)16-17(23)19-18(21-20-16)26-11-8-22-6-9-25-10-7-22/h4-5,12H,3,6-11H2,1-2H3. The molecule has 26 heavy (non-hydrogen) atoms. The summed E-state index contributed by atoms with van der Waals surface area (Å²) >= 11 is 1.66. The third-order valence-corrected chi connectivity index (χ3v) is 5.53. The Morgan fingerprint density at radius 3 is 2.85 bits per heavy atom. The van der Waals surface area contributed by atoms with Crippen molar-refractivity contribution in [3.05, 3.63) is 18.2 Å². The van der Waals surface area contributed by atoms with Crippen molar-refractivity contribution >= 4 is 33.8 Å². The lowest BCUT2D eigenvalue weighted by Crippen LogP contribution is -2.37. The summed E-state index contributed by atoms with van der Waals surface area (Å²) in [5.74, 6) is 1.77. The molecule has 3 heterocycles. The molecule has 0 aliphatic carbocycles. The number of ether oxygens (including phenoxy) is 2. The normalized spacial score (nSPS) is 15.8. The van der Waals surface area contributed by atoms with Gasteiger partial charge < -0.3 is 14.0 Å². The minimum Gasteiger partial charge on any atom is -0.497 e. The molecule has 0 unspecified atom stereocenters. The van der Waals surface area contributed by atoms with Crippen molar-refractivity contribution in [1.82, 2.24) is 24.6 Å². The average Bonchev–Trinajstić information content (AvgIpc) is 3.00. The second kappa shape index (κ2) is 7.77. The SMILES string of the molecule is CCn1c2ccc(OC)cc2c2nnc(SCCN3CCOCC3)nc21. The van der Waals surface area contributed by atoms with Crippen LogP contribution in [-0.2, 0) is 11.3 Å². The maximum Gasteiger partial charge on any atom is 0.211 e. The first-order chi connectivity index (χ1) is 12.8. The van der Waals surface area contributed by atoms with Crippen molar-refractivity contribution < 1.29 is 9.47 Å². The van der Waals surface area contributed by atoms with Gasteiger partial charge >= 0.3 is 0 Å². The van der Waals surface area contributed by atoms with E-state index in [1.165, 1.54) is 0 Å². The summed E-state index contributed by atoms with van der Waals surface area (Å²) < 4.78 is 12.9. The maximum atomic E-state index is 5.39. The molecule has 4 rings (SSSR count). The first-order valence-corrected chi connectivity index (χ1v) is 9.92. The Labute approximate surface area is 156 Å². The number of rotatable bonds is 6. The molecular formula is C18H23N5O2S. The zero-order valence-corrected chi connectivity index (χ0v) is 16.0. The van der Waals surface area contributed by atoms with Gasteiger partial charge in [0.1, 0.15) is 11.3 Å². The van der Waals surface area contributed by atoms with Crippen LogP contribution in [0.4, 0.5) is 0 Å². The van der Waals surface area contributed by atoms with Gasteiger partial charge in [0.2, 0.25) is 5.16 Å². The Balaban J connectivity index is 1.58. The number of fused-ring (bicyclic) bond motifs is 3. The predicted octanol–water partition coefficient (Wildman–Crippen LogP) is 2.43. The Bertz CT molecular complexity index is 907. The molecule has 3 aromatic rings. The van der Waals surface area contributed by atoms with Crippen LogP contribution in [0, 0.1) is 0 Å². The van der Waals surface area contributed by atoms with E-state index in [0.717, 1.165) is 78.1 Å². The van der Waals surface area contributed by atoms with Crippen molar-refractivity contribution in [2.75, 3.05) is 45.7 Å². The van der Waals surface area contributed by atoms with E-state index in [2.05, 4.69) is 32.7 Å². The van der Waals surface area contributed by atoms with E-state index in [1.54, 1.807) is 18.9 Å². The highest BCUT2D eigenvalue weighted by molar-refractivity contribution is 7.99. The van der Waals surface area contributed by atoms with E-state index in [4.69, 9.17) is 14.5 Å². The van der Waals surface area contributed by atoms with Crippen LogP contribution in [0.1, 0.15) is 6.92 Å². The Morgan fingerprint density at radius 1 is 1.23 bits per heavy atom. The molecule has 1 aliphatic heterocycles. The lowest BCUT2D eigenvalue weighted by Gasteiger charge is -2.26. The van der Waals surface area contributed by atoms with E-state index in [1.807, 2.05) is 12.1 Å². The van der Waals surface area contributed by atoms with Crippen LogP contribution in [0.25, 0.3) is 22.1 Å². The molecule has 0 spiro atoms. The smallest absolute Gasteiger partial charge is 0.211 e. The molecule has 7 nitrogen and oxygen atoms in total. The Kier molecular flexibility index (Phi) is 5.23. The van der Waals surface area contributed by atoms with Crippen molar-refractivity contribution in [3.8, 4) is 5.75 Å². The maximum absolute atomic E-state index is 5.39. The van der Waals surface area contributed by atoms with Crippen molar-refractivity contribution in [1.29, 1.82) is 0 Å². The lowest BCUT2D eigenvalue weighted by atomic mass is 10.2. The van der Waals surface area contributed by atoms with Crippen molar-refractivity contribution in [2.45, 2.75) is 18.6 Å². The second-order valence-corrected chi connectivity index (χ2v) is 7.26. The fourth-order valence-corrected chi connectivity index (χ4v) is 4.10.